The molecule has 7 nitrogen and oxygen atoms in total. The number of nitrogens with one attached hydrogen (secondary N) is 3. The highest BCUT2D eigenvalue weighted by atomic mass is 16.2. The Morgan fingerprint density at radius 3 is 2.61 bits per heavy atom. The highest BCUT2D eigenvalue weighted by Crippen LogP contribution is 2.30. The lowest BCUT2D eigenvalue weighted by Crippen LogP contribution is -2.36. The topological polar surface area (TPSA) is 86.4 Å². The van der Waals surface area contributed by atoms with Crippen molar-refractivity contribution in [3.05, 3.63) is 66.0 Å². The molecule has 1 heterocycles. The molecule has 3 N–H and O–H groups in total. The predicted octanol–water partition coefficient (Wildman–Crippen LogP) is 3.24. The van der Waals surface area contributed by atoms with Crippen LogP contribution in [0.2, 0.25) is 0 Å². The molecule has 0 radical (unpaired) electrons. The summed E-state index contributed by atoms with van der Waals surface area (Å²) in [4.78, 5) is 29.1. The van der Waals surface area contributed by atoms with Gasteiger partial charge in [-0.15, -0.1) is 0 Å². The number of hydrogen-bond acceptors (Lipinski definition) is 5. The normalized spacial score (nSPS) is 18.5. The van der Waals surface area contributed by atoms with Crippen LogP contribution in [0.5, 0.6) is 0 Å². The monoisotopic (exact) mass is 419 g/mol. The van der Waals surface area contributed by atoms with E-state index in [9.17, 15) is 9.59 Å². The number of amides is 2. The molecule has 31 heavy (non-hydrogen) atoms. The summed E-state index contributed by atoms with van der Waals surface area (Å²) in [6, 6.07) is 8.02. The number of fused-ring (bicyclic) bond motifs is 1. The first kappa shape index (κ1) is 22.2. The van der Waals surface area contributed by atoms with E-state index in [4.69, 9.17) is 0 Å². The number of rotatable bonds is 6. The SMILES string of the molecule is CNC(=O)C1(C)C=CC(C(=O)Nc2cc3cc(/C(C)=C/N(C)NC)ccc3cn2)=CC1. The molecular weight excluding hydrogens is 390 g/mol. The zero-order valence-electron chi connectivity index (χ0n) is 18.6. The molecule has 0 fully saturated rings. The minimum Gasteiger partial charge on any atom is -0.358 e. The first-order chi connectivity index (χ1) is 14.8. The van der Waals surface area contributed by atoms with Crippen molar-refractivity contribution in [2.24, 2.45) is 5.41 Å². The van der Waals surface area contributed by atoms with Gasteiger partial charge in [0.05, 0.1) is 5.41 Å². The number of allylic oxidation sites excluding steroid dienone is 2. The third kappa shape index (κ3) is 5.00. The van der Waals surface area contributed by atoms with Gasteiger partial charge in [0.25, 0.3) is 5.91 Å². The molecule has 1 aromatic heterocycles. The molecule has 1 aromatic carbocycles. The van der Waals surface area contributed by atoms with Crippen molar-refractivity contribution in [2.45, 2.75) is 20.3 Å². The molecule has 0 saturated heterocycles. The molecule has 7 heteroatoms. The quantitative estimate of drug-likeness (QED) is 0.626. The van der Waals surface area contributed by atoms with E-state index in [1.165, 1.54) is 0 Å². The zero-order valence-corrected chi connectivity index (χ0v) is 18.6. The van der Waals surface area contributed by atoms with E-state index in [1.54, 1.807) is 31.5 Å². The average Bonchev–Trinajstić information content (AvgIpc) is 2.78. The van der Waals surface area contributed by atoms with Crippen LogP contribution in [0, 0.1) is 5.41 Å². The molecular formula is C24H29N5O2. The van der Waals surface area contributed by atoms with E-state index in [0.29, 0.717) is 17.8 Å². The lowest BCUT2D eigenvalue weighted by atomic mass is 9.81. The molecule has 0 aliphatic heterocycles. The summed E-state index contributed by atoms with van der Waals surface area (Å²) >= 11 is 0. The molecule has 1 aliphatic carbocycles. The van der Waals surface area contributed by atoms with Crippen LogP contribution < -0.4 is 16.1 Å². The third-order valence-corrected chi connectivity index (χ3v) is 5.54. The van der Waals surface area contributed by atoms with Gasteiger partial charge in [-0.1, -0.05) is 30.4 Å². The number of nitrogens with zero attached hydrogens (tertiary/aromatic N) is 2. The fourth-order valence-electron chi connectivity index (χ4n) is 3.43. The van der Waals surface area contributed by atoms with Gasteiger partial charge in [0, 0.05) is 44.5 Å². The van der Waals surface area contributed by atoms with Crippen LogP contribution in [0.3, 0.4) is 0 Å². The summed E-state index contributed by atoms with van der Waals surface area (Å²) in [7, 11) is 5.41. The molecule has 0 spiro atoms. The highest BCUT2D eigenvalue weighted by Gasteiger charge is 2.31. The van der Waals surface area contributed by atoms with Crippen LogP contribution in [0.25, 0.3) is 16.3 Å². The second-order valence-electron chi connectivity index (χ2n) is 7.93. The maximum absolute atomic E-state index is 12.7. The number of hydrazine groups is 1. The number of aromatic nitrogens is 1. The van der Waals surface area contributed by atoms with E-state index in [0.717, 1.165) is 21.9 Å². The lowest BCUT2D eigenvalue weighted by molar-refractivity contribution is -0.127. The average molecular weight is 420 g/mol. The maximum Gasteiger partial charge on any atom is 0.256 e. The number of pyridine rings is 1. The van der Waals surface area contributed by atoms with Crippen LogP contribution in [0.4, 0.5) is 5.82 Å². The van der Waals surface area contributed by atoms with Crippen molar-refractivity contribution in [1.82, 2.24) is 20.7 Å². The Balaban J connectivity index is 1.78. The number of carbonyl (C=O) groups excluding carboxylic acids is 2. The molecule has 1 unspecified atom stereocenters. The Kier molecular flexibility index (Phi) is 6.56. The zero-order chi connectivity index (χ0) is 22.6. The Bertz CT molecular complexity index is 1100. The van der Waals surface area contributed by atoms with Gasteiger partial charge in [-0.05, 0) is 48.9 Å². The van der Waals surface area contributed by atoms with Gasteiger partial charge in [-0.3, -0.25) is 9.59 Å². The standard InChI is InChI=1S/C24H29N5O2/c1-16(15-29(5)26-4)18-6-7-19-14-27-21(13-20(19)12-18)28-22(30)17-8-10-24(2,11-9-17)23(31)25-3/h6-10,12-15,26H,11H2,1-5H3,(H,25,31)(H,27,28,30)/b16-15+. The maximum atomic E-state index is 12.7. The van der Waals surface area contributed by atoms with E-state index in [2.05, 4.69) is 33.2 Å². The van der Waals surface area contributed by atoms with Crippen molar-refractivity contribution in [1.29, 1.82) is 0 Å². The summed E-state index contributed by atoms with van der Waals surface area (Å²) in [5, 5.41) is 9.39. The minimum absolute atomic E-state index is 0.0725. The number of anilines is 1. The predicted molar refractivity (Wildman–Crippen MR) is 125 cm³/mol. The molecule has 2 amide bonds. The summed E-state index contributed by atoms with van der Waals surface area (Å²) in [6.45, 7) is 3.90. The molecule has 3 rings (SSSR count). The molecule has 2 aromatic rings. The van der Waals surface area contributed by atoms with E-state index >= 15 is 0 Å². The van der Waals surface area contributed by atoms with Crippen molar-refractivity contribution in [2.75, 3.05) is 26.5 Å². The second-order valence-corrected chi connectivity index (χ2v) is 7.93. The van der Waals surface area contributed by atoms with Crippen LogP contribution >= 0.6 is 0 Å². The van der Waals surface area contributed by atoms with Gasteiger partial charge in [-0.25, -0.2) is 10.4 Å². The Morgan fingerprint density at radius 2 is 1.97 bits per heavy atom. The van der Waals surface area contributed by atoms with E-state index in [1.807, 2.05) is 51.3 Å². The Hall–Kier alpha value is -3.45. The smallest absolute Gasteiger partial charge is 0.256 e. The van der Waals surface area contributed by atoms with E-state index in [-0.39, 0.29) is 11.8 Å². The first-order valence-corrected chi connectivity index (χ1v) is 10.2. The van der Waals surface area contributed by atoms with Crippen LogP contribution in [-0.4, -0.2) is 43.0 Å². The highest BCUT2D eigenvalue weighted by molar-refractivity contribution is 6.06. The van der Waals surface area contributed by atoms with Crippen LogP contribution in [0.15, 0.2) is 60.5 Å². The molecule has 0 bridgehead atoms. The molecule has 1 aliphatic rings. The fourth-order valence-corrected chi connectivity index (χ4v) is 3.43. The fraction of sp³-hybridized carbons (Fsp3) is 0.292. The number of benzene rings is 1. The van der Waals surface area contributed by atoms with Crippen molar-refractivity contribution < 1.29 is 9.59 Å². The van der Waals surface area contributed by atoms with Crippen molar-refractivity contribution in [3.8, 4) is 0 Å². The third-order valence-electron chi connectivity index (χ3n) is 5.54. The van der Waals surface area contributed by atoms with Gasteiger partial charge < -0.3 is 15.6 Å². The summed E-state index contributed by atoms with van der Waals surface area (Å²) in [5.74, 6) is 0.166. The molecule has 1 atom stereocenters. The van der Waals surface area contributed by atoms with Gasteiger partial charge in [0.2, 0.25) is 5.91 Å². The van der Waals surface area contributed by atoms with Gasteiger partial charge in [0.15, 0.2) is 0 Å². The molecule has 0 saturated carbocycles. The van der Waals surface area contributed by atoms with Crippen molar-refractivity contribution >= 4 is 34.0 Å². The first-order valence-electron chi connectivity index (χ1n) is 10.2. The lowest BCUT2D eigenvalue weighted by Gasteiger charge is -2.25. The van der Waals surface area contributed by atoms with Gasteiger partial charge >= 0.3 is 0 Å². The summed E-state index contributed by atoms with van der Waals surface area (Å²) in [6.07, 6.45) is 9.49. The summed E-state index contributed by atoms with van der Waals surface area (Å²) in [5.41, 5.74) is 5.13. The van der Waals surface area contributed by atoms with Crippen LogP contribution in [0.1, 0.15) is 25.8 Å². The Morgan fingerprint density at radius 1 is 1.19 bits per heavy atom. The number of carbonyl (C=O) groups is 2. The largest absolute Gasteiger partial charge is 0.358 e. The van der Waals surface area contributed by atoms with Gasteiger partial charge in [0.1, 0.15) is 5.82 Å². The van der Waals surface area contributed by atoms with Crippen molar-refractivity contribution in [3.63, 3.8) is 0 Å². The van der Waals surface area contributed by atoms with Crippen LogP contribution in [-0.2, 0) is 9.59 Å². The van der Waals surface area contributed by atoms with Gasteiger partial charge in [-0.2, -0.15) is 0 Å². The Labute approximate surface area is 182 Å². The molecule has 162 valence electrons. The van der Waals surface area contributed by atoms with E-state index < -0.39 is 5.41 Å². The second kappa shape index (κ2) is 9.14. The number of hydrogen-bond donors (Lipinski definition) is 3. The summed E-state index contributed by atoms with van der Waals surface area (Å²) < 4.78 is 0. The minimum atomic E-state index is -0.636.